The topological polar surface area (TPSA) is 67.8 Å². The van der Waals surface area contributed by atoms with Crippen LogP contribution in [0.15, 0.2) is 21.4 Å². The van der Waals surface area contributed by atoms with Crippen LogP contribution in [-0.4, -0.2) is 10.2 Å². The highest BCUT2D eigenvalue weighted by Gasteiger charge is 2.12. The van der Waals surface area contributed by atoms with Gasteiger partial charge in [0.1, 0.15) is 12.1 Å². The number of aromatic nitrogens is 2. The molecular formula is C9H10BrN3O. The van der Waals surface area contributed by atoms with Crippen molar-refractivity contribution < 1.29 is 4.42 Å². The zero-order valence-corrected chi connectivity index (χ0v) is 9.26. The first-order valence-corrected chi connectivity index (χ1v) is 5.08. The molecule has 74 valence electrons. The maximum atomic E-state index is 5.71. The van der Waals surface area contributed by atoms with Gasteiger partial charge < -0.3 is 10.2 Å². The normalized spacial score (nSPS) is 10.7. The molecule has 0 amide bonds. The van der Waals surface area contributed by atoms with E-state index in [1.807, 2.05) is 13.0 Å². The minimum absolute atomic E-state index is 0.555. The fraction of sp³-hybridized carbons (Fsp3) is 0.222. The van der Waals surface area contributed by atoms with Gasteiger partial charge in [-0.15, -0.1) is 0 Å². The second-order valence-electron chi connectivity index (χ2n) is 2.96. The number of aromatic amines is 1. The van der Waals surface area contributed by atoms with Crippen molar-refractivity contribution in [1.29, 1.82) is 0 Å². The number of anilines is 1. The molecule has 0 bridgehead atoms. The third-order valence-corrected chi connectivity index (χ3v) is 2.52. The second kappa shape index (κ2) is 3.49. The molecule has 0 aromatic carbocycles. The summed E-state index contributed by atoms with van der Waals surface area (Å²) in [7, 11) is 0. The van der Waals surface area contributed by atoms with Gasteiger partial charge in [-0.3, -0.25) is 5.10 Å². The number of nitrogens with zero attached hydrogens (tertiary/aromatic N) is 1. The second-order valence-corrected chi connectivity index (χ2v) is 3.74. The van der Waals surface area contributed by atoms with Crippen molar-refractivity contribution in [2.75, 3.05) is 5.73 Å². The van der Waals surface area contributed by atoms with E-state index in [0.29, 0.717) is 10.5 Å². The summed E-state index contributed by atoms with van der Waals surface area (Å²) < 4.78 is 5.85. The SMILES string of the molecule is CCc1c(N)n[nH]c1-c1coc(Br)c1. The van der Waals surface area contributed by atoms with E-state index in [-0.39, 0.29) is 0 Å². The van der Waals surface area contributed by atoms with Gasteiger partial charge in [0.15, 0.2) is 4.67 Å². The fourth-order valence-corrected chi connectivity index (χ4v) is 1.76. The van der Waals surface area contributed by atoms with E-state index in [1.54, 1.807) is 6.26 Å². The molecule has 2 aromatic heterocycles. The average molecular weight is 256 g/mol. The van der Waals surface area contributed by atoms with Crippen LogP contribution in [0.5, 0.6) is 0 Å². The first kappa shape index (κ1) is 9.33. The van der Waals surface area contributed by atoms with Crippen molar-refractivity contribution in [2.45, 2.75) is 13.3 Å². The molecule has 0 spiro atoms. The zero-order chi connectivity index (χ0) is 10.1. The molecule has 14 heavy (non-hydrogen) atoms. The lowest BCUT2D eigenvalue weighted by Crippen LogP contribution is -1.90. The van der Waals surface area contributed by atoms with E-state index in [1.165, 1.54) is 0 Å². The molecular weight excluding hydrogens is 246 g/mol. The highest BCUT2D eigenvalue weighted by atomic mass is 79.9. The maximum Gasteiger partial charge on any atom is 0.169 e. The Morgan fingerprint density at radius 2 is 2.43 bits per heavy atom. The number of furan rings is 1. The number of nitrogen functional groups attached to an aromatic ring is 1. The van der Waals surface area contributed by atoms with Crippen LogP contribution in [0.3, 0.4) is 0 Å². The molecule has 0 radical (unpaired) electrons. The molecule has 2 aromatic rings. The molecule has 0 aliphatic heterocycles. The average Bonchev–Trinajstić information content (AvgIpc) is 2.71. The standard InChI is InChI=1S/C9H10BrN3O/c1-2-6-8(12-13-9(6)11)5-3-7(10)14-4-5/h3-4H,2H2,1H3,(H3,11,12,13). The molecule has 4 nitrogen and oxygen atoms in total. The number of H-pyrrole nitrogens is 1. The van der Waals surface area contributed by atoms with Crippen molar-refractivity contribution >= 4 is 21.7 Å². The van der Waals surface area contributed by atoms with E-state index in [9.17, 15) is 0 Å². The molecule has 0 saturated heterocycles. The Morgan fingerprint density at radius 3 is 3.00 bits per heavy atom. The summed E-state index contributed by atoms with van der Waals surface area (Å²) in [5.74, 6) is 0.555. The summed E-state index contributed by atoms with van der Waals surface area (Å²) in [6.45, 7) is 2.04. The van der Waals surface area contributed by atoms with E-state index in [2.05, 4.69) is 26.1 Å². The van der Waals surface area contributed by atoms with Gasteiger partial charge in [0.05, 0.1) is 5.69 Å². The van der Waals surface area contributed by atoms with Crippen LogP contribution in [0.2, 0.25) is 0 Å². The monoisotopic (exact) mass is 255 g/mol. The predicted molar refractivity (Wildman–Crippen MR) is 57.8 cm³/mol. The Labute approximate surface area is 89.6 Å². The summed E-state index contributed by atoms with van der Waals surface area (Å²) >= 11 is 3.25. The van der Waals surface area contributed by atoms with Crippen LogP contribution < -0.4 is 5.73 Å². The number of nitrogens with one attached hydrogen (secondary N) is 1. The Kier molecular flexibility index (Phi) is 2.33. The molecule has 3 N–H and O–H groups in total. The number of halogens is 1. The van der Waals surface area contributed by atoms with Gasteiger partial charge in [-0.2, -0.15) is 5.10 Å². The van der Waals surface area contributed by atoms with Crippen LogP contribution in [0.1, 0.15) is 12.5 Å². The summed E-state index contributed by atoms with van der Waals surface area (Å²) in [6, 6.07) is 1.88. The Morgan fingerprint density at radius 1 is 1.64 bits per heavy atom. The van der Waals surface area contributed by atoms with Crippen LogP contribution in [-0.2, 0) is 6.42 Å². The fourth-order valence-electron chi connectivity index (χ4n) is 1.42. The number of nitrogens with two attached hydrogens (primary N) is 1. The molecule has 2 heterocycles. The molecule has 0 atom stereocenters. The number of rotatable bonds is 2. The Bertz CT molecular complexity index is 447. The molecule has 5 heteroatoms. The highest BCUT2D eigenvalue weighted by Crippen LogP contribution is 2.28. The van der Waals surface area contributed by atoms with Crippen molar-refractivity contribution in [3.8, 4) is 11.3 Å². The molecule has 0 aliphatic rings. The lowest BCUT2D eigenvalue weighted by Gasteiger charge is -1.96. The molecule has 0 fully saturated rings. The number of hydrogen-bond donors (Lipinski definition) is 2. The van der Waals surface area contributed by atoms with Gasteiger partial charge in [-0.05, 0) is 22.4 Å². The van der Waals surface area contributed by atoms with Crippen LogP contribution in [0, 0.1) is 0 Å². The molecule has 2 rings (SSSR count). The lowest BCUT2D eigenvalue weighted by atomic mass is 10.1. The van der Waals surface area contributed by atoms with E-state index in [0.717, 1.165) is 23.2 Å². The third kappa shape index (κ3) is 1.43. The van der Waals surface area contributed by atoms with E-state index < -0.39 is 0 Å². The van der Waals surface area contributed by atoms with Gasteiger partial charge in [-0.1, -0.05) is 6.92 Å². The quantitative estimate of drug-likeness (QED) is 0.867. The van der Waals surface area contributed by atoms with E-state index >= 15 is 0 Å². The minimum Gasteiger partial charge on any atom is -0.457 e. The number of hydrogen-bond acceptors (Lipinski definition) is 3. The predicted octanol–water partition coefficient (Wildman–Crippen LogP) is 2.58. The molecule has 0 saturated carbocycles. The minimum atomic E-state index is 0.555. The smallest absolute Gasteiger partial charge is 0.169 e. The van der Waals surface area contributed by atoms with Crippen LogP contribution >= 0.6 is 15.9 Å². The first-order valence-electron chi connectivity index (χ1n) is 4.29. The molecule has 0 aliphatic carbocycles. The van der Waals surface area contributed by atoms with Crippen molar-refractivity contribution in [1.82, 2.24) is 10.2 Å². The third-order valence-electron chi connectivity index (χ3n) is 2.11. The summed E-state index contributed by atoms with van der Waals surface area (Å²) in [5.41, 5.74) is 8.62. The van der Waals surface area contributed by atoms with Crippen molar-refractivity contribution in [2.24, 2.45) is 0 Å². The van der Waals surface area contributed by atoms with Gasteiger partial charge in [0.25, 0.3) is 0 Å². The van der Waals surface area contributed by atoms with Crippen LogP contribution in [0.25, 0.3) is 11.3 Å². The zero-order valence-electron chi connectivity index (χ0n) is 7.67. The largest absolute Gasteiger partial charge is 0.457 e. The Balaban J connectivity index is 2.51. The van der Waals surface area contributed by atoms with Crippen LogP contribution in [0.4, 0.5) is 5.82 Å². The van der Waals surface area contributed by atoms with Gasteiger partial charge >= 0.3 is 0 Å². The summed E-state index contributed by atoms with van der Waals surface area (Å²) in [6.07, 6.45) is 2.51. The van der Waals surface area contributed by atoms with Gasteiger partial charge in [0.2, 0.25) is 0 Å². The summed E-state index contributed by atoms with van der Waals surface area (Å²) in [4.78, 5) is 0. The van der Waals surface area contributed by atoms with Crippen molar-refractivity contribution in [3.63, 3.8) is 0 Å². The molecule has 0 unspecified atom stereocenters. The van der Waals surface area contributed by atoms with Gasteiger partial charge in [0, 0.05) is 17.2 Å². The first-order chi connectivity index (χ1) is 6.72. The van der Waals surface area contributed by atoms with Crippen molar-refractivity contribution in [3.05, 3.63) is 22.6 Å². The maximum absolute atomic E-state index is 5.71. The summed E-state index contributed by atoms with van der Waals surface area (Å²) in [5, 5.41) is 6.87. The lowest BCUT2D eigenvalue weighted by molar-refractivity contribution is 0.542. The highest BCUT2D eigenvalue weighted by molar-refractivity contribution is 9.10. The van der Waals surface area contributed by atoms with Gasteiger partial charge in [-0.25, -0.2) is 0 Å². The van der Waals surface area contributed by atoms with E-state index in [4.69, 9.17) is 10.2 Å². The Hall–Kier alpha value is -1.23.